The molecule has 0 fully saturated rings. The van der Waals surface area contributed by atoms with Crippen LogP contribution in [0, 0.1) is 12.3 Å². The molecule has 0 unspecified atom stereocenters. The Balaban J connectivity index is 3.29. The van der Waals surface area contributed by atoms with Gasteiger partial charge in [0.15, 0.2) is 0 Å². The van der Waals surface area contributed by atoms with Crippen LogP contribution in [0.4, 0.5) is 0 Å². The van der Waals surface area contributed by atoms with Crippen LogP contribution in [0.5, 0.6) is 0 Å². The van der Waals surface area contributed by atoms with Crippen molar-refractivity contribution in [1.82, 2.24) is 0 Å². The summed E-state index contributed by atoms with van der Waals surface area (Å²) in [4.78, 5) is 0. The minimum Gasteiger partial charge on any atom is -0.115 e. The molecule has 0 aromatic carbocycles. The lowest BCUT2D eigenvalue weighted by molar-refractivity contribution is 0.728. The summed E-state index contributed by atoms with van der Waals surface area (Å²) < 4.78 is 0. The molecule has 0 radical (unpaired) electrons. The van der Waals surface area contributed by atoms with E-state index in [1.807, 2.05) is 6.08 Å². The molecular weight excluding hydrogens is 180 g/mol. The van der Waals surface area contributed by atoms with E-state index in [2.05, 4.69) is 37.1 Å². The molecule has 0 saturated carbocycles. The van der Waals surface area contributed by atoms with Crippen LogP contribution in [0.1, 0.15) is 45.4 Å². The highest BCUT2D eigenvalue weighted by Gasteiger charge is 1.80. The third-order valence-electron chi connectivity index (χ3n) is 2.07. The summed E-state index contributed by atoms with van der Waals surface area (Å²) in [6.45, 7) is 2.23. The number of terminal acetylenes is 1. The molecule has 0 nitrogen and oxygen atoms in total. The first-order valence-electron chi connectivity index (χ1n) is 5.83. The van der Waals surface area contributed by atoms with Gasteiger partial charge < -0.3 is 0 Å². The topological polar surface area (TPSA) is 0 Å². The molecule has 0 atom stereocenters. The SMILES string of the molecule is C#C/C=C/C/C=C\C/C=C\CCCCC. The Kier molecular flexibility index (Phi) is 11.7. The monoisotopic (exact) mass is 202 g/mol. The van der Waals surface area contributed by atoms with E-state index < -0.39 is 0 Å². The van der Waals surface area contributed by atoms with Crippen LogP contribution in [0.25, 0.3) is 0 Å². The molecule has 0 amide bonds. The Morgan fingerprint density at radius 2 is 1.60 bits per heavy atom. The van der Waals surface area contributed by atoms with Gasteiger partial charge in [0, 0.05) is 0 Å². The molecule has 0 aliphatic heterocycles. The number of rotatable bonds is 8. The van der Waals surface area contributed by atoms with Crippen molar-refractivity contribution in [2.45, 2.75) is 45.4 Å². The number of unbranched alkanes of at least 4 members (excludes halogenated alkanes) is 3. The molecule has 0 rings (SSSR count). The Morgan fingerprint density at radius 3 is 2.27 bits per heavy atom. The van der Waals surface area contributed by atoms with E-state index in [9.17, 15) is 0 Å². The van der Waals surface area contributed by atoms with Crippen LogP contribution in [0.2, 0.25) is 0 Å². The van der Waals surface area contributed by atoms with Crippen molar-refractivity contribution in [3.05, 3.63) is 36.5 Å². The lowest BCUT2D eigenvalue weighted by atomic mass is 10.2. The van der Waals surface area contributed by atoms with Crippen LogP contribution in [-0.2, 0) is 0 Å². The summed E-state index contributed by atoms with van der Waals surface area (Å²) in [7, 11) is 0. The number of hydrogen-bond acceptors (Lipinski definition) is 0. The van der Waals surface area contributed by atoms with Crippen molar-refractivity contribution in [2.75, 3.05) is 0 Å². The molecule has 0 heterocycles. The second kappa shape index (κ2) is 12.8. The molecule has 0 N–H and O–H groups in total. The molecule has 0 aliphatic rings. The van der Waals surface area contributed by atoms with Crippen LogP contribution in [0.3, 0.4) is 0 Å². The summed E-state index contributed by atoms with van der Waals surface area (Å²) in [6.07, 6.45) is 24.8. The third-order valence-corrected chi connectivity index (χ3v) is 2.07. The maximum atomic E-state index is 5.08. The normalized spacial score (nSPS) is 11.7. The van der Waals surface area contributed by atoms with E-state index in [0.717, 1.165) is 12.8 Å². The molecule has 0 spiro atoms. The Labute approximate surface area is 94.8 Å². The van der Waals surface area contributed by atoms with Crippen LogP contribution in [0.15, 0.2) is 36.5 Å². The van der Waals surface area contributed by atoms with Gasteiger partial charge in [-0.3, -0.25) is 0 Å². The first-order valence-corrected chi connectivity index (χ1v) is 5.83. The van der Waals surface area contributed by atoms with Crippen LogP contribution < -0.4 is 0 Å². The zero-order chi connectivity index (χ0) is 11.2. The summed E-state index contributed by atoms with van der Waals surface area (Å²) in [5.41, 5.74) is 0. The van der Waals surface area contributed by atoms with Crippen molar-refractivity contribution in [3.63, 3.8) is 0 Å². The number of hydrogen-bond donors (Lipinski definition) is 0. The second-order valence-corrected chi connectivity index (χ2v) is 3.48. The van der Waals surface area contributed by atoms with E-state index in [4.69, 9.17) is 6.42 Å². The van der Waals surface area contributed by atoms with Crippen molar-refractivity contribution in [2.24, 2.45) is 0 Å². The largest absolute Gasteiger partial charge is 0.115 e. The summed E-state index contributed by atoms with van der Waals surface area (Å²) in [6, 6.07) is 0. The summed E-state index contributed by atoms with van der Waals surface area (Å²) in [5.74, 6) is 2.47. The predicted molar refractivity (Wildman–Crippen MR) is 69.6 cm³/mol. The zero-order valence-electron chi connectivity index (χ0n) is 9.78. The number of allylic oxidation sites excluding steroid dienone is 6. The molecule has 82 valence electrons. The fourth-order valence-electron chi connectivity index (χ4n) is 1.21. The standard InChI is InChI=1S/C15H22/c1-3-5-7-9-11-13-15-14-12-10-8-6-4-2/h1,5,7,11-14H,4,6,8-10,15H2,2H3/b7-5+,13-11-,14-12-. The van der Waals surface area contributed by atoms with Gasteiger partial charge in [-0.25, -0.2) is 0 Å². The van der Waals surface area contributed by atoms with Crippen molar-refractivity contribution >= 4 is 0 Å². The highest BCUT2D eigenvalue weighted by Crippen LogP contribution is 2.00. The molecule has 0 aliphatic carbocycles. The average molecular weight is 202 g/mol. The Morgan fingerprint density at radius 1 is 0.933 bits per heavy atom. The fourth-order valence-corrected chi connectivity index (χ4v) is 1.21. The van der Waals surface area contributed by atoms with Crippen molar-refractivity contribution in [3.8, 4) is 12.3 Å². The van der Waals surface area contributed by atoms with Crippen molar-refractivity contribution < 1.29 is 0 Å². The maximum absolute atomic E-state index is 5.08. The first kappa shape index (κ1) is 13.8. The molecule has 0 saturated heterocycles. The van der Waals surface area contributed by atoms with E-state index >= 15 is 0 Å². The van der Waals surface area contributed by atoms with E-state index in [0.29, 0.717) is 0 Å². The minimum absolute atomic E-state index is 0.938. The van der Waals surface area contributed by atoms with Gasteiger partial charge in [-0.2, -0.15) is 0 Å². The Bertz CT molecular complexity index is 235. The predicted octanol–water partition coefficient (Wildman–Crippen LogP) is 4.65. The van der Waals surface area contributed by atoms with Gasteiger partial charge >= 0.3 is 0 Å². The van der Waals surface area contributed by atoms with Crippen LogP contribution >= 0.6 is 0 Å². The molecule has 0 aromatic rings. The van der Waals surface area contributed by atoms with Crippen molar-refractivity contribution in [1.29, 1.82) is 0 Å². The van der Waals surface area contributed by atoms with Gasteiger partial charge in [-0.15, -0.1) is 6.42 Å². The highest BCUT2D eigenvalue weighted by molar-refractivity contribution is 5.10. The minimum atomic E-state index is 0.938. The molecule has 15 heavy (non-hydrogen) atoms. The smallest absolute Gasteiger partial charge is 0.0158 e. The molecule has 0 aromatic heterocycles. The van der Waals surface area contributed by atoms with Gasteiger partial charge in [0.1, 0.15) is 0 Å². The van der Waals surface area contributed by atoms with Gasteiger partial charge in [0.2, 0.25) is 0 Å². The van der Waals surface area contributed by atoms with E-state index in [-0.39, 0.29) is 0 Å². The third kappa shape index (κ3) is 12.8. The van der Waals surface area contributed by atoms with Gasteiger partial charge in [0.05, 0.1) is 0 Å². The van der Waals surface area contributed by atoms with Gasteiger partial charge in [-0.1, -0.05) is 56.1 Å². The van der Waals surface area contributed by atoms with Crippen LogP contribution in [-0.4, -0.2) is 0 Å². The van der Waals surface area contributed by atoms with Gasteiger partial charge in [0.25, 0.3) is 0 Å². The highest BCUT2D eigenvalue weighted by atomic mass is 13.9. The maximum Gasteiger partial charge on any atom is -0.0158 e. The lowest BCUT2D eigenvalue weighted by Crippen LogP contribution is -1.70. The molecule has 0 heteroatoms. The summed E-state index contributed by atoms with van der Waals surface area (Å²) >= 11 is 0. The average Bonchev–Trinajstić information content (AvgIpc) is 2.26. The fraction of sp³-hybridized carbons (Fsp3) is 0.467. The molecule has 0 bridgehead atoms. The van der Waals surface area contributed by atoms with E-state index in [1.54, 1.807) is 6.08 Å². The van der Waals surface area contributed by atoms with Gasteiger partial charge in [-0.05, 0) is 31.8 Å². The zero-order valence-corrected chi connectivity index (χ0v) is 9.78. The second-order valence-electron chi connectivity index (χ2n) is 3.48. The quantitative estimate of drug-likeness (QED) is 0.305. The Hall–Kier alpha value is -1.22. The lowest BCUT2D eigenvalue weighted by Gasteiger charge is -1.90. The first-order chi connectivity index (χ1) is 7.41. The summed E-state index contributed by atoms with van der Waals surface area (Å²) in [5, 5.41) is 0. The molecular formula is C15H22. The van der Waals surface area contributed by atoms with E-state index in [1.165, 1.54) is 25.7 Å².